The Morgan fingerprint density at radius 1 is 1.22 bits per heavy atom. The first kappa shape index (κ1) is 19.0. The fourth-order valence-corrected chi connectivity index (χ4v) is 4.72. The van der Waals surface area contributed by atoms with E-state index in [0.717, 1.165) is 44.6 Å². The molecule has 3 aliphatic rings. The average Bonchev–Trinajstić information content (AvgIpc) is 2.67. The Kier molecular flexibility index (Phi) is 5.62. The van der Waals surface area contributed by atoms with Gasteiger partial charge in [-0.25, -0.2) is 4.39 Å². The van der Waals surface area contributed by atoms with Crippen LogP contribution in [-0.4, -0.2) is 56.5 Å². The molecule has 4 rings (SSSR count). The third kappa shape index (κ3) is 4.25. The van der Waals surface area contributed by atoms with Gasteiger partial charge in [0.25, 0.3) is 0 Å². The minimum atomic E-state index is -1.06. The first-order valence-electron chi connectivity index (χ1n) is 10.0. The quantitative estimate of drug-likeness (QED) is 0.785. The summed E-state index contributed by atoms with van der Waals surface area (Å²) in [5, 5.41) is 0.613. The standard InChI is InChI=1S/C21H29ClFN3O/c22-18-3-4-19-17(20(18)24)2-1-9-26(19)14-16-5-10-25(11-6-16)15-21(23)7-12-27-13-8-21/h1-4,16H,5-15,24H2. The second-order valence-corrected chi connectivity index (χ2v) is 8.59. The lowest BCUT2D eigenvalue weighted by Crippen LogP contribution is -2.47. The molecule has 2 fully saturated rings. The molecule has 0 atom stereocenters. The number of nitrogens with two attached hydrogens (primary N) is 1. The number of benzene rings is 1. The molecule has 0 unspecified atom stereocenters. The molecule has 148 valence electrons. The average molecular weight is 394 g/mol. The summed E-state index contributed by atoms with van der Waals surface area (Å²) in [6.45, 7) is 5.56. The molecular formula is C21H29ClFN3O. The van der Waals surface area contributed by atoms with E-state index >= 15 is 0 Å². The summed E-state index contributed by atoms with van der Waals surface area (Å²) in [6.07, 6.45) is 7.53. The van der Waals surface area contributed by atoms with Crippen molar-refractivity contribution in [3.63, 3.8) is 0 Å². The van der Waals surface area contributed by atoms with E-state index in [1.54, 1.807) is 0 Å². The third-order valence-electron chi connectivity index (χ3n) is 6.24. The van der Waals surface area contributed by atoms with Crippen LogP contribution in [-0.2, 0) is 4.74 Å². The normalized spacial score (nSPS) is 23.4. The van der Waals surface area contributed by atoms with Gasteiger partial charge in [0, 0.05) is 56.9 Å². The van der Waals surface area contributed by atoms with E-state index < -0.39 is 5.67 Å². The number of ether oxygens (including phenoxy) is 1. The fraction of sp³-hybridized carbons (Fsp3) is 0.619. The Bertz CT molecular complexity index is 697. The first-order chi connectivity index (χ1) is 13.0. The van der Waals surface area contributed by atoms with Gasteiger partial charge in [-0.05, 0) is 44.0 Å². The lowest BCUT2D eigenvalue weighted by Gasteiger charge is -2.40. The number of alkyl halides is 1. The smallest absolute Gasteiger partial charge is 0.128 e. The van der Waals surface area contributed by atoms with Gasteiger partial charge in [0.1, 0.15) is 5.67 Å². The summed E-state index contributed by atoms with van der Waals surface area (Å²) in [6, 6.07) is 3.96. The first-order valence-corrected chi connectivity index (χ1v) is 10.4. The molecule has 0 bridgehead atoms. The van der Waals surface area contributed by atoms with Crippen molar-refractivity contribution in [3.8, 4) is 0 Å². The Morgan fingerprint density at radius 2 is 1.96 bits per heavy atom. The topological polar surface area (TPSA) is 41.7 Å². The van der Waals surface area contributed by atoms with E-state index in [-0.39, 0.29) is 0 Å². The zero-order valence-electron chi connectivity index (χ0n) is 15.8. The van der Waals surface area contributed by atoms with Crippen LogP contribution in [0.25, 0.3) is 6.08 Å². The molecule has 0 saturated carbocycles. The molecule has 0 amide bonds. The van der Waals surface area contributed by atoms with Crippen molar-refractivity contribution in [2.24, 2.45) is 5.92 Å². The van der Waals surface area contributed by atoms with Crippen molar-refractivity contribution in [2.45, 2.75) is 31.4 Å². The van der Waals surface area contributed by atoms with Crippen molar-refractivity contribution in [3.05, 3.63) is 28.8 Å². The van der Waals surface area contributed by atoms with E-state index in [0.29, 0.717) is 49.2 Å². The molecule has 0 spiro atoms. The van der Waals surface area contributed by atoms with Crippen LogP contribution < -0.4 is 10.6 Å². The molecule has 3 heterocycles. The highest BCUT2D eigenvalue weighted by Crippen LogP contribution is 2.36. The maximum atomic E-state index is 14.9. The highest BCUT2D eigenvalue weighted by molar-refractivity contribution is 6.33. The van der Waals surface area contributed by atoms with Crippen LogP contribution in [0.4, 0.5) is 15.8 Å². The predicted molar refractivity (Wildman–Crippen MR) is 110 cm³/mol. The van der Waals surface area contributed by atoms with Gasteiger partial charge in [0.2, 0.25) is 0 Å². The van der Waals surface area contributed by atoms with Gasteiger partial charge in [0.05, 0.1) is 10.7 Å². The Balaban J connectivity index is 1.33. The van der Waals surface area contributed by atoms with Crippen molar-refractivity contribution in [2.75, 3.05) is 56.6 Å². The second kappa shape index (κ2) is 7.98. The van der Waals surface area contributed by atoms with E-state index in [4.69, 9.17) is 22.1 Å². The van der Waals surface area contributed by atoms with Gasteiger partial charge >= 0.3 is 0 Å². The van der Waals surface area contributed by atoms with Crippen molar-refractivity contribution in [1.82, 2.24) is 4.90 Å². The number of hydrogen-bond acceptors (Lipinski definition) is 4. The maximum absolute atomic E-state index is 14.9. The number of nitrogen functional groups attached to an aromatic ring is 1. The largest absolute Gasteiger partial charge is 0.397 e. The van der Waals surface area contributed by atoms with Gasteiger partial charge in [-0.1, -0.05) is 23.8 Å². The van der Waals surface area contributed by atoms with Crippen LogP contribution in [0.3, 0.4) is 0 Å². The van der Waals surface area contributed by atoms with Gasteiger partial charge in [-0.2, -0.15) is 0 Å². The number of rotatable bonds is 4. The molecule has 2 N–H and O–H groups in total. The van der Waals surface area contributed by atoms with E-state index in [2.05, 4.69) is 28.0 Å². The van der Waals surface area contributed by atoms with Crippen LogP contribution in [0.15, 0.2) is 18.2 Å². The molecular weight excluding hydrogens is 365 g/mol. The summed E-state index contributed by atoms with van der Waals surface area (Å²) in [7, 11) is 0. The molecule has 1 aromatic carbocycles. The molecule has 0 aromatic heterocycles. The third-order valence-corrected chi connectivity index (χ3v) is 6.57. The molecule has 6 heteroatoms. The Morgan fingerprint density at radius 3 is 2.70 bits per heavy atom. The molecule has 4 nitrogen and oxygen atoms in total. The van der Waals surface area contributed by atoms with Crippen LogP contribution in [0.2, 0.25) is 5.02 Å². The molecule has 0 aliphatic carbocycles. The number of hydrogen-bond donors (Lipinski definition) is 1. The summed E-state index contributed by atoms with van der Waals surface area (Å²) >= 11 is 6.17. The Hall–Kier alpha value is -1.30. The van der Waals surface area contributed by atoms with E-state index in [1.165, 1.54) is 5.69 Å². The van der Waals surface area contributed by atoms with Gasteiger partial charge in [-0.15, -0.1) is 0 Å². The summed E-state index contributed by atoms with van der Waals surface area (Å²) in [5.41, 5.74) is 7.97. The minimum absolute atomic E-state index is 0.536. The number of fused-ring (bicyclic) bond motifs is 1. The van der Waals surface area contributed by atoms with Crippen molar-refractivity contribution < 1.29 is 9.13 Å². The van der Waals surface area contributed by atoms with Crippen LogP contribution in [0.5, 0.6) is 0 Å². The Labute approximate surface area is 166 Å². The van der Waals surface area contributed by atoms with E-state index in [1.807, 2.05) is 6.07 Å². The summed E-state index contributed by atoms with van der Waals surface area (Å²) < 4.78 is 20.2. The van der Waals surface area contributed by atoms with Crippen molar-refractivity contribution >= 4 is 29.1 Å². The second-order valence-electron chi connectivity index (χ2n) is 8.18. The minimum Gasteiger partial charge on any atom is -0.397 e. The highest BCUT2D eigenvalue weighted by atomic mass is 35.5. The number of nitrogens with zero attached hydrogens (tertiary/aromatic N) is 2. The van der Waals surface area contributed by atoms with E-state index in [9.17, 15) is 4.39 Å². The van der Waals surface area contributed by atoms with Crippen LogP contribution in [0, 0.1) is 5.92 Å². The molecule has 0 radical (unpaired) electrons. The zero-order chi connectivity index (χ0) is 18.9. The van der Waals surface area contributed by atoms with Gasteiger partial charge in [0.15, 0.2) is 0 Å². The van der Waals surface area contributed by atoms with Crippen molar-refractivity contribution in [1.29, 1.82) is 0 Å². The lowest BCUT2D eigenvalue weighted by atomic mass is 9.91. The number of anilines is 2. The molecule has 2 saturated heterocycles. The maximum Gasteiger partial charge on any atom is 0.128 e. The molecule has 3 aliphatic heterocycles. The predicted octanol–water partition coefficient (Wildman–Crippen LogP) is 3.99. The van der Waals surface area contributed by atoms with Crippen LogP contribution >= 0.6 is 11.6 Å². The fourth-order valence-electron chi connectivity index (χ4n) is 4.55. The number of piperidine rings is 1. The monoisotopic (exact) mass is 393 g/mol. The molecule has 1 aromatic rings. The van der Waals surface area contributed by atoms with Crippen LogP contribution in [0.1, 0.15) is 31.2 Å². The highest BCUT2D eigenvalue weighted by Gasteiger charge is 2.35. The summed E-state index contributed by atoms with van der Waals surface area (Å²) in [5.74, 6) is 0.628. The van der Waals surface area contributed by atoms with Gasteiger partial charge in [-0.3, -0.25) is 0 Å². The SMILES string of the molecule is Nc1c(Cl)ccc2c1C=CCN2CC1CCN(CC2(F)CCOCC2)CC1. The number of likely N-dealkylation sites (tertiary alicyclic amines) is 1. The van der Waals surface area contributed by atoms with Gasteiger partial charge < -0.3 is 20.3 Å². The molecule has 27 heavy (non-hydrogen) atoms. The number of halogens is 2. The lowest BCUT2D eigenvalue weighted by molar-refractivity contribution is -0.0313. The zero-order valence-corrected chi connectivity index (χ0v) is 16.6. The summed E-state index contributed by atoms with van der Waals surface area (Å²) in [4.78, 5) is 4.71.